The summed E-state index contributed by atoms with van der Waals surface area (Å²) in [6.07, 6.45) is -0.726. The van der Waals surface area contributed by atoms with Gasteiger partial charge in [-0.15, -0.1) is 13.2 Å². The summed E-state index contributed by atoms with van der Waals surface area (Å²) < 4.78 is 43.7. The number of likely N-dealkylation sites (tertiary alicyclic amines) is 1. The van der Waals surface area contributed by atoms with Crippen LogP contribution in [0.1, 0.15) is 60.0 Å². The zero-order chi connectivity index (χ0) is 32.4. The third-order valence-corrected chi connectivity index (χ3v) is 8.63. The fraction of sp³-hybridized carbons (Fsp3) is 0.419. The largest absolute Gasteiger partial charge is 0.574 e. The Morgan fingerprint density at radius 3 is 2.44 bits per heavy atom. The van der Waals surface area contributed by atoms with Gasteiger partial charge in [-0.25, -0.2) is 15.0 Å². The molecule has 1 amide bonds. The Balaban J connectivity index is 1.28. The van der Waals surface area contributed by atoms with Crippen LogP contribution >= 0.6 is 0 Å². The number of hydrogen-bond acceptors (Lipinski definition) is 9. The molecule has 2 aliphatic rings. The van der Waals surface area contributed by atoms with E-state index in [4.69, 9.17) is 0 Å². The second-order valence-electron chi connectivity index (χ2n) is 12.1. The number of aryl methyl sites for hydroxylation is 3. The van der Waals surface area contributed by atoms with Gasteiger partial charge in [0.1, 0.15) is 18.1 Å². The number of amides is 1. The number of Topliss-reactive ketones (excluding diaryl/α,β-unsaturated/α-hetero) is 2. The molecule has 1 saturated heterocycles. The number of ether oxygens (including phenoxy) is 1. The second-order valence-corrected chi connectivity index (χ2v) is 12.1. The Morgan fingerprint density at radius 1 is 1.07 bits per heavy atom. The van der Waals surface area contributed by atoms with E-state index in [9.17, 15) is 27.6 Å². The molecule has 0 bridgehead atoms. The number of alkyl halides is 3. The predicted octanol–water partition coefficient (Wildman–Crippen LogP) is 4.50. The molecule has 0 N–H and O–H groups in total. The first-order chi connectivity index (χ1) is 21.1. The first-order valence-corrected chi connectivity index (χ1v) is 14.4. The smallest absolute Gasteiger partial charge is 0.388 e. The molecule has 14 heteroatoms. The van der Waals surface area contributed by atoms with Crippen molar-refractivity contribution >= 4 is 28.4 Å². The van der Waals surface area contributed by atoms with E-state index in [0.29, 0.717) is 45.7 Å². The summed E-state index contributed by atoms with van der Waals surface area (Å²) >= 11 is 0. The average molecular weight is 622 g/mol. The highest BCUT2D eigenvalue weighted by molar-refractivity contribution is 6.06. The van der Waals surface area contributed by atoms with Crippen LogP contribution in [0.4, 0.5) is 13.2 Å². The zero-order valence-electron chi connectivity index (χ0n) is 25.3. The third-order valence-electron chi connectivity index (χ3n) is 8.63. The van der Waals surface area contributed by atoms with E-state index in [2.05, 4.69) is 29.8 Å². The number of rotatable bonds is 8. The van der Waals surface area contributed by atoms with Crippen molar-refractivity contribution in [1.82, 2.24) is 34.6 Å². The van der Waals surface area contributed by atoms with Crippen molar-refractivity contribution in [2.45, 2.75) is 78.9 Å². The predicted molar refractivity (Wildman–Crippen MR) is 154 cm³/mol. The summed E-state index contributed by atoms with van der Waals surface area (Å²) in [5.41, 5.74) is 2.92. The molecular formula is C31H30F3N7O4. The minimum atomic E-state index is -4.92. The van der Waals surface area contributed by atoms with E-state index in [-0.39, 0.29) is 53.3 Å². The monoisotopic (exact) mass is 621 g/mol. The Kier molecular flexibility index (Phi) is 7.20. The van der Waals surface area contributed by atoms with Crippen LogP contribution in [-0.2, 0) is 22.6 Å². The number of fused-ring (bicyclic) bond motifs is 2. The number of hydrogen-bond donors (Lipinski definition) is 0. The van der Waals surface area contributed by atoms with Gasteiger partial charge in [0.15, 0.2) is 11.6 Å². The van der Waals surface area contributed by atoms with Crippen molar-refractivity contribution in [1.29, 1.82) is 0 Å². The fourth-order valence-corrected chi connectivity index (χ4v) is 6.25. The maximum atomic E-state index is 13.9. The molecule has 1 aliphatic carbocycles. The van der Waals surface area contributed by atoms with E-state index < -0.39 is 18.3 Å². The normalized spacial score (nSPS) is 20.8. The van der Waals surface area contributed by atoms with E-state index >= 15 is 0 Å². The van der Waals surface area contributed by atoms with Gasteiger partial charge in [-0.1, -0.05) is 13.0 Å². The minimum Gasteiger partial charge on any atom is -0.388 e. The van der Waals surface area contributed by atoms with Gasteiger partial charge in [0.2, 0.25) is 11.8 Å². The molecule has 1 aliphatic heterocycles. The molecule has 3 atom stereocenters. The van der Waals surface area contributed by atoms with Gasteiger partial charge in [0.05, 0.1) is 35.1 Å². The quantitative estimate of drug-likeness (QED) is 0.261. The highest BCUT2D eigenvalue weighted by atomic mass is 19.4. The van der Waals surface area contributed by atoms with Crippen molar-refractivity contribution in [3.63, 3.8) is 0 Å². The van der Waals surface area contributed by atoms with Gasteiger partial charge in [-0.2, -0.15) is 5.10 Å². The topological polar surface area (TPSA) is 133 Å². The number of pyridine rings is 2. The van der Waals surface area contributed by atoms with Crippen molar-refractivity contribution in [2.75, 3.05) is 0 Å². The van der Waals surface area contributed by atoms with Gasteiger partial charge in [0, 0.05) is 42.4 Å². The van der Waals surface area contributed by atoms with Crippen molar-refractivity contribution in [3.05, 3.63) is 59.1 Å². The molecule has 6 rings (SSSR count). The van der Waals surface area contributed by atoms with Crippen LogP contribution in [0.15, 0.2) is 30.6 Å². The average Bonchev–Trinajstić information content (AvgIpc) is 3.30. The first kappa shape index (κ1) is 30.3. The van der Waals surface area contributed by atoms with Gasteiger partial charge < -0.3 is 9.64 Å². The molecule has 4 aromatic heterocycles. The van der Waals surface area contributed by atoms with E-state index in [1.807, 2.05) is 6.92 Å². The Bertz CT molecular complexity index is 1870. The number of nitrogens with zero attached hydrogens (tertiary/aromatic N) is 7. The Labute approximate surface area is 255 Å². The lowest BCUT2D eigenvalue weighted by Gasteiger charge is -2.27. The van der Waals surface area contributed by atoms with Gasteiger partial charge in [0.25, 0.3) is 0 Å². The van der Waals surface area contributed by atoms with Crippen LogP contribution in [0.25, 0.3) is 22.2 Å². The Hall–Kier alpha value is -4.75. The number of aromatic nitrogens is 6. The molecule has 4 aromatic rings. The maximum absolute atomic E-state index is 13.9. The highest BCUT2D eigenvalue weighted by Gasteiger charge is 2.64. The molecule has 5 heterocycles. The minimum absolute atomic E-state index is 0.153. The number of carbonyl (C=O) groups excluding carboxylic acids is 3. The lowest BCUT2D eigenvalue weighted by molar-refractivity contribution is -0.276. The third kappa shape index (κ3) is 5.76. The molecule has 0 unspecified atom stereocenters. The van der Waals surface area contributed by atoms with Crippen molar-refractivity contribution in [2.24, 2.45) is 5.41 Å². The van der Waals surface area contributed by atoms with Gasteiger partial charge >= 0.3 is 6.36 Å². The van der Waals surface area contributed by atoms with E-state index in [1.165, 1.54) is 17.7 Å². The molecule has 1 saturated carbocycles. The summed E-state index contributed by atoms with van der Waals surface area (Å²) in [5.74, 6) is -1.01. The van der Waals surface area contributed by atoms with Gasteiger partial charge in [-0.3, -0.25) is 24.0 Å². The summed E-state index contributed by atoms with van der Waals surface area (Å²) in [4.78, 5) is 58.8. The van der Waals surface area contributed by atoms with Crippen LogP contribution in [-0.4, -0.2) is 70.5 Å². The van der Waals surface area contributed by atoms with Crippen LogP contribution < -0.4 is 4.74 Å². The highest BCUT2D eigenvalue weighted by Crippen LogP contribution is 2.59. The molecule has 45 heavy (non-hydrogen) atoms. The fourth-order valence-electron chi connectivity index (χ4n) is 6.25. The molecule has 11 nitrogen and oxygen atoms in total. The number of halogens is 3. The maximum Gasteiger partial charge on any atom is 0.574 e. The summed E-state index contributed by atoms with van der Waals surface area (Å²) in [6, 6.07) is 3.30. The number of ketones is 2. The van der Waals surface area contributed by atoms with Crippen LogP contribution in [0, 0.1) is 26.2 Å². The number of piperidine rings is 1. The molecule has 0 radical (unpaired) electrons. The lowest BCUT2D eigenvalue weighted by Crippen LogP contribution is -2.45. The first-order valence-electron chi connectivity index (χ1n) is 14.4. The van der Waals surface area contributed by atoms with Crippen molar-refractivity contribution in [3.8, 4) is 17.1 Å². The Morgan fingerprint density at radius 2 is 1.78 bits per heavy atom. The molecule has 234 valence electrons. The van der Waals surface area contributed by atoms with E-state index in [0.717, 1.165) is 12.5 Å². The van der Waals surface area contributed by atoms with Crippen LogP contribution in [0.3, 0.4) is 0 Å². The molecule has 0 spiro atoms. The van der Waals surface area contributed by atoms with Crippen LogP contribution in [0.5, 0.6) is 5.88 Å². The summed E-state index contributed by atoms with van der Waals surface area (Å²) in [7, 11) is 0. The summed E-state index contributed by atoms with van der Waals surface area (Å²) in [5, 5.41) is 5.04. The summed E-state index contributed by atoms with van der Waals surface area (Å²) in [6.45, 7) is 8.35. The van der Waals surface area contributed by atoms with Crippen molar-refractivity contribution < 1.29 is 32.3 Å². The number of carbonyl (C=O) groups is 3. The van der Waals surface area contributed by atoms with Crippen LogP contribution in [0.2, 0.25) is 0 Å². The molecular weight excluding hydrogens is 591 g/mol. The molecule has 0 aromatic carbocycles. The lowest BCUT2D eigenvalue weighted by atomic mass is 9.96. The zero-order valence-corrected chi connectivity index (χ0v) is 25.3. The van der Waals surface area contributed by atoms with Gasteiger partial charge in [-0.05, 0) is 50.7 Å². The van der Waals surface area contributed by atoms with E-state index in [1.54, 1.807) is 44.1 Å². The molecule has 2 fully saturated rings. The standard InChI is InChI=1S/C31H30F3N7O4/c1-15-6-7-26(45-31(32,33)34)38-21(15)9-24(43)23-10-30(5)11-25(30)41(23)27(44)14-40-29-16(2)37-22(19-12-35-18(4)36-13-19)8-20(29)28(39-40)17(3)42/h6-8,12-13,23,25H,9-11,14H2,1-5H3/t23-,25+,30-/m0/s1. The second kappa shape index (κ2) is 10.7. The SMILES string of the molecule is CC(=O)c1nn(CC(=O)N2[C@H](C(=O)Cc3nc(OC(F)(F)F)ccc3C)C[C@@]3(C)C[C@@H]23)c2c(C)nc(-c3cnc(C)nc3)cc12.